The first kappa shape index (κ1) is 11.7. The van der Waals surface area contributed by atoms with Crippen LogP contribution in [-0.4, -0.2) is 24.7 Å². The number of alkyl halides is 3. The number of hydrogen-bond acceptors (Lipinski definition) is 2. The van der Waals surface area contributed by atoms with Crippen molar-refractivity contribution in [2.45, 2.75) is 19.5 Å². The first-order chi connectivity index (χ1) is 5.88. The lowest BCUT2D eigenvalue weighted by atomic mass is 10.5. The summed E-state index contributed by atoms with van der Waals surface area (Å²) in [5.74, 6) is -2.26. The van der Waals surface area contributed by atoms with E-state index in [9.17, 15) is 22.8 Å². The maximum absolute atomic E-state index is 11.5. The lowest BCUT2D eigenvalue weighted by molar-refractivity contribution is -0.172. The standard InChI is InChI=1S/C6H9F3N2O2/c1-2-3-10-5(13)11-4(12)6(7,8)9/h2-3H2,1H3,(H2,10,11,12,13). The van der Waals surface area contributed by atoms with Crippen LogP contribution in [0.3, 0.4) is 0 Å². The van der Waals surface area contributed by atoms with Crippen LogP contribution in [-0.2, 0) is 4.79 Å². The molecular formula is C6H9F3N2O2. The summed E-state index contributed by atoms with van der Waals surface area (Å²) >= 11 is 0. The third-order valence-electron chi connectivity index (χ3n) is 1.02. The molecular weight excluding hydrogens is 189 g/mol. The molecule has 0 aliphatic heterocycles. The monoisotopic (exact) mass is 198 g/mol. The average molecular weight is 198 g/mol. The summed E-state index contributed by atoms with van der Waals surface area (Å²) in [4.78, 5) is 20.7. The number of carbonyl (C=O) groups is 2. The molecule has 0 saturated carbocycles. The summed E-state index contributed by atoms with van der Waals surface area (Å²) in [6.07, 6.45) is -4.45. The first-order valence-electron chi connectivity index (χ1n) is 3.54. The van der Waals surface area contributed by atoms with E-state index in [1.165, 1.54) is 0 Å². The van der Waals surface area contributed by atoms with Crippen LogP contribution in [0.25, 0.3) is 0 Å². The molecule has 0 aromatic rings. The largest absolute Gasteiger partial charge is 0.471 e. The molecule has 0 fully saturated rings. The number of imide groups is 1. The van der Waals surface area contributed by atoms with Crippen molar-refractivity contribution < 1.29 is 22.8 Å². The van der Waals surface area contributed by atoms with Gasteiger partial charge in [0.15, 0.2) is 0 Å². The zero-order valence-corrected chi connectivity index (χ0v) is 6.86. The summed E-state index contributed by atoms with van der Waals surface area (Å²) in [5, 5.41) is 3.21. The van der Waals surface area contributed by atoms with Gasteiger partial charge in [0.2, 0.25) is 0 Å². The van der Waals surface area contributed by atoms with E-state index in [1.807, 2.05) is 0 Å². The van der Waals surface area contributed by atoms with E-state index < -0.39 is 18.1 Å². The van der Waals surface area contributed by atoms with Gasteiger partial charge in [-0.2, -0.15) is 13.2 Å². The van der Waals surface area contributed by atoms with Gasteiger partial charge in [0.05, 0.1) is 0 Å². The highest BCUT2D eigenvalue weighted by Crippen LogP contribution is 2.13. The smallest absolute Gasteiger partial charge is 0.338 e. The Balaban J connectivity index is 3.86. The lowest BCUT2D eigenvalue weighted by Gasteiger charge is -2.07. The number of nitrogens with one attached hydrogen (secondary N) is 2. The predicted octanol–water partition coefficient (Wildman–Crippen LogP) is 0.784. The summed E-state index contributed by atoms with van der Waals surface area (Å²) < 4.78 is 34.6. The molecule has 0 spiro atoms. The Morgan fingerprint density at radius 1 is 1.31 bits per heavy atom. The quantitative estimate of drug-likeness (QED) is 0.689. The van der Waals surface area contributed by atoms with Crippen LogP contribution in [0.4, 0.5) is 18.0 Å². The highest BCUT2D eigenvalue weighted by Gasteiger charge is 2.39. The van der Waals surface area contributed by atoms with E-state index in [4.69, 9.17) is 0 Å². The predicted molar refractivity (Wildman–Crippen MR) is 37.9 cm³/mol. The minimum absolute atomic E-state index is 0.219. The van der Waals surface area contributed by atoms with Crippen molar-refractivity contribution in [1.29, 1.82) is 0 Å². The van der Waals surface area contributed by atoms with E-state index in [-0.39, 0.29) is 6.54 Å². The third-order valence-corrected chi connectivity index (χ3v) is 1.02. The second-order valence-electron chi connectivity index (χ2n) is 2.21. The number of amides is 3. The molecule has 3 amide bonds. The van der Waals surface area contributed by atoms with Crippen LogP contribution in [0.2, 0.25) is 0 Å². The average Bonchev–Trinajstić information content (AvgIpc) is 1.99. The van der Waals surface area contributed by atoms with Crippen LogP contribution in [0, 0.1) is 0 Å². The van der Waals surface area contributed by atoms with Gasteiger partial charge in [-0.15, -0.1) is 0 Å². The summed E-state index contributed by atoms with van der Waals surface area (Å²) in [7, 11) is 0. The summed E-state index contributed by atoms with van der Waals surface area (Å²) in [6, 6.07) is -1.14. The van der Waals surface area contributed by atoms with Gasteiger partial charge in [0, 0.05) is 6.54 Å². The second kappa shape index (κ2) is 4.68. The Hall–Kier alpha value is -1.27. The Bertz CT molecular complexity index is 203. The van der Waals surface area contributed by atoms with E-state index in [0.717, 1.165) is 5.32 Å². The minimum atomic E-state index is -5.02. The van der Waals surface area contributed by atoms with Crippen molar-refractivity contribution in [3.05, 3.63) is 0 Å². The Labute approximate surface area is 72.5 Å². The Morgan fingerprint density at radius 2 is 1.85 bits per heavy atom. The fourth-order valence-electron chi connectivity index (χ4n) is 0.457. The Morgan fingerprint density at radius 3 is 2.23 bits per heavy atom. The van der Waals surface area contributed by atoms with Gasteiger partial charge in [0.25, 0.3) is 0 Å². The van der Waals surface area contributed by atoms with Gasteiger partial charge < -0.3 is 5.32 Å². The fraction of sp³-hybridized carbons (Fsp3) is 0.667. The molecule has 0 heterocycles. The molecule has 0 unspecified atom stereocenters. The lowest BCUT2D eigenvalue weighted by Crippen LogP contribution is -2.45. The van der Waals surface area contributed by atoms with Crippen LogP contribution < -0.4 is 10.6 Å². The van der Waals surface area contributed by atoms with E-state index in [1.54, 1.807) is 6.92 Å². The van der Waals surface area contributed by atoms with Crippen molar-refractivity contribution in [2.75, 3.05) is 6.54 Å². The molecule has 0 bridgehead atoms. The van der Waals surface area contributed by atoms with E-state index in [0.29, 0.717) is 6.42 Å². The number of carbonyl (C=O) groups excluding carboxylic acids is 2. The maximum Gasteiger partial charge on any atom is 0.471 e. The van der Waals surface area contributed by atoms with Crippen molar-refractivity contribution in [3.63, 3.8) is 0 Å². The molecule has 13 heavy (non-hydrogen) atoms. The SMILES string of the molecule is CCCNC(=O)NC(=O)C(F)(F)F. The summed E-state index contributed by atoms with van der Waals surface area (Å²) in [6.45, 7) is 1.95. The van der Waals surface area contributed by atoms with Crippen LogP contribution >= 0.6 is 0 Å². The highest BCUT2D eigenvalue weighted by atomic mass is 19.4. The van der Waals surface area contributed by atoms with Gasteiger partial charge in [0.1, 0.15) is 0 Å². The normalized spacial score (nSPS) is 10.8. The topological polar surface area (TPSA) is 58.2 Å². The van der Waals surface area contributed by atoms with Crippen LogP contribution in [0.1, 0.15) is 13.3 Å². The van der Waals surface area contributed by atoms with Crippen molar-refractivity contribution in [2.24, 2.45) is 0 Å². The number of halogens is 3. The van der Waals surface area contributed by atoms with Crippen LogP contribution in [0.15, 0.2) is 0 Å². The number of urea groups is 1. The number of hydrogen-bond donors (Lipinski definition) is 2. The summed E-state index contributed by atoms with van der Waals surface area (Å²) in [5.41, 5.74) is 0. The third kappa shape index (κ3) is 5.05. The molecule has 0 atom stereocenters. The van der Waals surface area contributed by atoms with Crippen molar-refractivity contribution in [1.82, 2.24) is 10.6 Å². The molecule has 0 radical (unpaired) electrons. The molecule has 0 rings (SSSR count). The van der Waals surface area contributed by atoms with Gasteiger partial charge in [-0.05, 0) is 6.42 Å². The fourth-order valence-corrected chi connectivity index (χ4v) is 0.457. The van der Waals surface area contributed by atoms with E-state index >= 15 is 0 Å². The second-order valence-corrected chi connectivity index (χ2v) is 2.21. The zero-order chi connectivity index (χ0) is 10.5. The molecule has 76 valence electrons. The van der Waals surface area contributed by atoms with Gasteiger partial charge in [-0.3, -0.25) is 10.1 Å². The van der Waals surface area contributed by atoms with Gasteiger partial charge in [-0.1, -0.05) is 6.92 Å². The van der Waals surface area contributed by atoms with Gasteiger partial charge >= 0.3 is 18.1 Å². The molecule has 0 saturated heterocycles. The molecule has 0 aromatic heterocycles. The highest BCUT2D eigenvalue weighted by molar-refractivity contribution is 5.96. The molecule has 0 aliphatic rings. The van der Waals surface area contributed by atoms with Gasteiger partial charge in [-0.25, -0.2) is 4.79 Å². The molecule has 2 N–H and O–H groups in total. The Kier molecular flexibility index (Phi) is 4.22. The van der Waals surface area contributed by atoms with Crippen molar-refractivity contribution >= 4 is 11.9 Å². The molecule has 4 nitrogen and oxygen atoms in total. The van der Waals surface area contributed by atoms with E-state index in [2.05, 4.69) is 5.32 Å². The van der Waals surface area contributed by atoms with Crippen LogP contribution in [0.5, 0.6) is 0 Å². The molecule has 7 heteroatoms. The maximum atomic E-state index is 11.5. The minimum Gasteiger partial charge on any atom is -0.338 e. The molecule has 0 aliphatic carbocycles. The van der Waals surface area contributed by atoms with Crippen molar-refractivity contribution in [3.8, 4) is 0 Å². The first-order valence-corrected chi connectivity index (χ1v) is 3.54. The molecule has 0 aromatic carbocycles. The number of rotatable bonds is 2. The zero-order valence-electron chi connectivity index (χ0n) is 6.86.